The van der Waals surface area contributed by atoms with Gasteiger partial charge in [-0.3, -0.25) is 9.59 Å². The van der Waals surface area contributed by atoms with Crippen molar-refractivity contribution < 1.29 is 14.3 Å². The van der Waals surface area contributed by atoms with E-state index >= 15 is 0 Å². The molecule has 2 amide bonds. The predicted molar refractivity (Wildman–Crippen MR) is 93.4 cm³/mol. The van der Waals surface area contributed by atoms with E-state index in [1.165, 1.54) is 0 Å². The van der Waals surface area contributed by atoms with Gasteiger partial charge < -0.3 is 15.0 Å². The topological polar surface area (TPSA) is 58.6 Å². The van der Waals surface area contributed by atoms with Gasteiger partial charge in [0, 0.05) is 12.2 Å². The highest BCUT2D eigenvalue weighted by molar-refractivity contribution is 5.96. The fourth-order valence-electron chi connectivity index (χ4n) is 2.76. The van der Waals surface area contributed by atoms with Crippen molar-refractivity contribution in [1.82, 2.24) is 0 Å². The van der Waals surface area contributed by atoms with Gasteiger partial charge in [-0.25, -0.2) is 0 Å². The van der Waals surface area contributed by atoms with Gasteiger partial charge in [0.25, 0.3) is 0 Å². The number of amides is 2. The van der Waals surface area contributed by atoms with Gasteiger partial charge in [-0.05, 0) is 36.8 Å². The number of rotatable bonds is 4. The van der Waals surface area contributed by atoms with Gasteiger partial charge >= 0.3 is 0 Å². The van der Waals surface area contributed by atoms with Crippen molar-refractivity contribution in [1.29, 1.82) is 0 Å². The van der Waals surface area contributed by atoms with Gasteiger partial charge in [0.05, 0.1) is 25.1 Å². The first kappa shape index (κ1) is 16.1. The van der Waals surface area contributed by atoms with Crippen molar-refractivity contribution >= 4 is 23.2 Å². The Morgan fingerprint density at radius 2 is 2.00 bits per heavy atom. The zero-order chi connectivity index (χ0) is 16.9. The molecule has 5 nitrogen and oxygen atoms in total. The molecule has 0 atom stereocenters. The zero-order valence-corrected chi connectivity index (χ0v) is 13.6. The first-order valence-corrected chi connectivity index (χ1v) is 8.08. The first-order valence-electron chi connectivity index (χ1n) is 8.08. The smallest absolute Gasteiger partial charge is 0.231 e. The Labute approximate surface area is 141 Å². The average molecular weight is 324 g/mol. The lowest BCUT2D eigenvalue weighted by atomic mass is 10.1. The summed E-state index contributed by atoms with van der Waals surface area (Å²) in [5.41, 5.74) is 2.36. The molecule has 1 heterocycles. The van der Waals surface area contributed by atoms with E-state index in [4.69, 9.17) is 4.74 Å². The van der Waals surface area contributed by atoms with Crippen LogP contribution in [-0.4, -0.2) is 25.0 Å². The number of fused-ring (bicyclic) bond motifs is 1. The lowest BCUT2D eigenvalue weighted by molar-refractivity contribution is -0.118. The molecule has 2 aromatic carbocycles. The Balaban J connectivity index is 1.78. The van der Waals surface area contributed by atoms with Gasteiger partial charge in [0.2, 0.25) is 11.8 Å². The largest absolute Gasteiger partial charge is 0.491 e. The molecule has 0 radical (unpaired) electrons. The number of carbonyl (C=O) groups excluding carboxylic acids is 2. The van der Waals surface area contributed by atoms with Crippen molar-refractivity contribution in [3.63, 3.8) is 0 Å². The lowest BCUT2D eigenvalue weighted by Gasteiger charge is -2.21. The van der Waals surface area contributed by atoms with Gasteiger partial charge in [-0.1, -0.05) is 24.3 Å². The monoisotopic (exact) mass is 324 g/mol. The van der Waals surface area contributed by atoms with E-state index in [9.17, 15) is 9.59 Å². The number of nitrogens with zero attached hydrogens (tertiary/aromatic N) is 1. The van der Waals surface area contributed by atoms with Gasteiger partial charge in [0.1, 0.15) is 5.75 Å². The lowest BCUT2D eigenvalue weighted by Crippen LogP contribution is -2.31. The third-order valence-corrected chi connectivity index (χ3v) is 3.95. The number of hydrogen-bond donors (Lipinski definition) is 1. The molecule has 0 bridgehead atoms. The molecule has 1 aliphatic rings. The number of nitrogens with one attached hydrogen (secondary N) is 1. The molecule has 0 aromatic heterocycles. The summed E-state index contributed by atoms with van der Waals surface area (Å²) < 4.78 is 5.54. The molecule has 1 N–H and O–H groups in total. The van der Waals surface area contributed by atoms with E-state index in [-0.39, 0.29) is 18.2 Å². The maximum atomic E-state index is 12.7. The molecule has 124 valence electrons. The second kappa shape index (κ2) is 7.17. The highest BCUT2D eigenvalue weighted by atomic mass is 16.5. The van der Waals surface area contributed by atoms with E-state index in [2.05, 4.69) is 5.32 Å². The fourth-order valence-corrected chi connectivity index (χ4v) is 2.76. The van der Waals surface area contributed by atoms with Crippen molar-refractivity contribution in [2.75, 3.05) is 23.4 Å². The van der Waals surface area contributed by atoms with Crippen LogP contribution in [0.25, 0.3) is 0 Å². The van der Waals surface area contributed by atoms with Gasteiger partial charge in [-0.15, -0.1) is 0 Å². The number of para-hydroxylation sites is 1. The van der Waals surface area contributed by atoms with Crippen LogP contribution in [0, 0.1) is 0 Å². The molecule has 0 saturated carbocycles. The fraction of sp³-hybridized carbons (Fsp3) is 0.263. The minimum atomic E-state index is -0.0725. The van der Waals surface area contributed by atoms with Crippen LogP contribution >= 0.6 is 0 Å². The molecular formula is C19H20N2O3. The molecule has 0 aliphatic carbocycles. The Kier molecular flexibility index (Phi) is 4.79. The summed E-state index contributed by atoms with van der Waals surface area (Å²) in [4.78, 5) is 26.1. The van der Waals surface area contributed by atoms with Crippen LogP contribution in [0.15, 0.2) is 48.5 Å². The maximum Gasteiger partial charge on any atom is 0.231 e. The Morgan fingerprint density at radius 1 is 1.21 bits per heavy atom. The SMILES string of the molecule is CCN(C(=O)Cc1ccc2c(c1)NC(=O)CCO2)c1ccccc1. The van der Waals surface area contributed by atoms with Crippen LogP contribution in [-0.2, 0) is 16.0 Å². The molecule has 3 rings (SSSR count). The highest BCUT2D eigenvalue weighted by Crippen LogP contribution is 2.28. The molecule has 24 heavy (non-hydrogen) atoms. The second-order valence-corrected chi connectivity index (χ2v) is 5.63. The molecule has 2 aromatic rings. The Bertz CT molecular complexity index is 744. The molecule has 0 fully saturated rings. The summed E-state index contributed by atoms with van der Waals surface area (Å²) in [7, 11) is 0. The number of likely N-dealkylation sites (N-methyl/N-ethyl adjacent to an activating group) is 1. The van der Waals surface area contributed by atoms with Gasteiger partial charge in [-0.2, -0.15) is 0 Å². The minimum Gasteiger partial charge on any atom is -0.491 e. The van der Waals surface area contributed by atoms with Crippen LogP contribution in [0.1, 0.15) is 18.9 Å². The summed E-state index contributed by atoms with van der Waals surface area (Å²) in [6.45, 7) is 2.93. The third-order valence-electron chi connectivity index (χ3n) is 3.95. The zero-order valence-electron chi connectivity index (χ0n) is 13.6. The van der Waals surface area contributed by atoms with Crippen molar-refractivity contribution in [2.45, 2.75) is 19.8 Å². The summed E-state index contributed by atoms with van der Waals surface area (Å²) in [5.74, 6) is 0.591. The number of ether oxygens (including phenoxy) is 1. The van der Waals surface area contributed by atoms with E-state index < -0.39 is 0 Å². The predicted octanol–water partition coefficient (Wildman–Crippen LogP) is 3.00. The summed E-state index contributed by atoms with van der Waals surface area (Å²) in [5, 5.41) is 2.82. The number of benzene rings is 2. The first-order chi connectivity index (χ1) is 11.7. The van der Waals surface area contributed by atoms with E-state index in [1.807, 2.05) is 55.5 Å². The second-order valence-electron chi connectivity index (χ2n) is 5.63. The molecule has 0 unspecified atom stereocenters. The molecule has 0 spiro atoms. The number of hydrogen-bond acceptors (Lipinski definition) is 3. The standard InChI is InChI=1S/C19H20N2O3/c1-2-21(15-6-4-3-5-7-15)19(23)13-14-8-9-17-16(12-14)20-18(22)10-11-24-17/h3-9,12H,2,10-11,13H2,1H3,(H,20,22). The molecular weight excluding hydrogens is 304 g/mol. The molecule has 0 saturated heterocycles. The van der Waals surface area contributed by atoms with E-state index in [0.29, 0.717) is 31.0 Å². The molecule has 5 heteroatoms. The van der Waals surface area contributed by atoms with Crippen molar-refractivity contribution in [2.24, 2.45) is 0 Å². The van der Waals surface area contributed by atoms with Crippen molar-refractivity contribution in [3.05, 3.63) is 54.1 Å². The van der Waals surface area contributed by atoms with Crippen molar-refractivity contribution in [3.8, 4) is 5.75 Å². The normalized spacial score (nSPS) is 13.3. The van der Waals surface area contributed by atoms with Crippen LogP contribution in [0.5, 0.6) is 5.75 Å². The van der Waals surface area contributed by atoms with Crippen LogP contribution in [0.3, 0.4) is 0 Å². The highest BCUT2D eigenvalue weighted by Gasteiger charge is 2.17. The van der Waals surface area contributed by atoms with E-state index in [1.54, 1.807) is 4.90 Å². The average Bonchev–Trinajstić information content (AvgIpc) is 2.76. The minimum absolute atomic E-state index is 0.0181. The number of anilines is 2. The quantitative estimate of drug-likeness (QED) is 0.940. The van der Waals surface area contributed by atoms with Gasteiger partial charge in [0.15, 0.2) is 0 Å². The summed E-state index contributed by atoms with van der Waals surface area (Å²) >= 11 is 0. The molecule has 1 aliphatic heterocycles. The van der Waals surface area contributed by atoms with Crippen LogP contribution in [0.2, 0.25) is 0 Å². The van der Waals surface area contributed by atoms with Crippen LogP contribution in [0.4, 0.5) is 11.4 Å². The van der Waals surface area contributed by atoms with Crippen LogP contribution < -0.4 is 15.0 Å². The Hall–Kier alpha value is -2.82. The number of carbonyl (C=O) groups is 2. The Morgan fingerprint density at radius 3 is 2.75 bits per heavy atom. The third kappa shape index (κ3) is 3.56. The summed E-state index contributed by atoms with van der Waals surface area (Å²) in [6.07, 6.45) is 0.604. The summed E-state index contributed by atoms with van der Waals surface area (Å²) in [6, 6.07) is 15.1. The van der Waals surface area contributed by atoms with E-state index in [0.717, 1.165) is 11.3 Å². The maximum absolute atomic E-state index is 12.7.